The average Bonchev–Trinajstić information content (AvgIpc) is 3.23. The highest BCUT2D eigenvalue weighted by Gasteiger charge is 2.18. The number of hydrogen-bond acceptors (Lipinski definition) is 6. The number of aryl methyl sites for hydroxylation is 3. The number of nitrogens with one attached hydrogen (secondary N) is 1. The van der Waals surface area contributed by atoms with Crippen LogP contribution in [0.1, 0.15) is 16.8 Å². The van der Waals surface area contributed by atoms with E-state index in [1.165, 1.54) is 4.68 Å². The fourth-order valence-corrected chi connectivity index (χ4v) is 4.01. The minimum atomic E-state index is -0.384. The van der Waals surface area contributed by atoms with E-state index in [1.54, 1.807) is 36.0 Å². The molecule has 0 saturated heterocycles. The molecule has 0 atom stereocenters. The number of benzene rings is 2. The van der Waals surface area contributed by atoms with E-state index in [9.17, 15) is 9.59 Å². The number of rotatable bonds is 4. The number of anilines is 1. The number of ether oxygens (including phenoxy) is 2. The third kappa shape index (κ3) is 3.82. The predicted molar refractivity (Wildman–Crippen MR) is 123 cm³/mol. The van der Waals surface area contributed by atoms with Crippen molar-refractivity contribution in [3.8, 4) is 17.2 Å². The summed E-state index contributed by atoms with van der Waals surface area (Å²) in [5, 5.41) is 12.2. The van der Waals surface area contributed by atoms with Gasteiger partial charge in [-0.2, -0.15) is 10.2 Å². The Morgan fingerprint density at radius 3 is 2.64 bits per heavy atom. The van der Waals surface area contributed by atoms with Crippen molar-refractivity contribution >= 4 is 22.5 Å². The summed E-state index contributed by atoms with van der Waals surface area (Å²) in [7, 11) is 0. The summed E-state index contributed by atoms with van der Waals surface area (Å²) >= 11 is 0. The van der Waals surface area contributed by atoms with Crippen molar-refractivity contribution in [3.05, 3.63) is 69.8 Å². The van der Waals surface area contributed by atoms with Crippen LogP contribution in [-0.4, -0.2) is 38.7 Å². The van der Waals surface area contributed by atoms with Crippen molar-refractivity contribution < 1.29 is 14.3 Å². The van der Waals surface area contributed by atoms with Gasteiger partial charge in [-0.1, -0.05) is 17.7 Å². The van der Waals surface area contributed by atoms with Gasteiger partial charge in [-0.05, 0) is 44.5 Å². The molecule has 2 aromatic heterocycles. The van der Waals surface area contributed by atoms with Crippen molar-refractivity contribution in [2.24, 2.45) is 0 Å². The van der Waals surface area contributed by atoms with Crippen LogP contribution in [0.2, 0.25) is 0 Å². The smallest absolute Gasteiger partial charge is 0.293 e. The van der Waals surface area contributed by atoms with E-state index in [-0.39, 0.29) is 18.0 Å². The second kappa shape index (κ2) is 8.09. The number of hydrogen-bond donors (Lipinski definition) is 1. The monoisotopic (exact) mass is 445 g/mol. The van der Waals surface area contributed by atoms with Gasteiger partial charge < -0.3 is 14.8 Å². The topological polar surface area (TPSA) is 100 Å². The second-order valence-corrected chi connectivity index (χ2v) is 8.06. The molecule has 1 amide bonds. The highest BCUT2D eigenvalue weighted by Crippen LogP contribution is 2.32. The number of carbonyl (C=O) groups excluding carboxylic acids is 1. The van der Waals surface area contributed by atoms with E-state index < -0.39 is 0 Å². The van der Waals surface area contributed by atoms with E-state index in [1.807, 2.05) is 32.0 Å². The zero-order chi connectivity index (χ0) is 23.1. The molecule has 4 aromatic rings. The Morgan fingerprint density at radius 2 is 1.85 bits per heavy atom. The summed E-state index contributed by atoms with van der Waals surface area (Å²) in [4.78, 5) is 26.0. The Hall–Kier alpha value is -4.14. The molecule has 3 heterocycles. The Morgan fingerprint density at radius 1 is 1.06 bits per heavy atom. The first kappa shape index (κ1) is 20.7. The standard InChI is InChI=1S/C24H23N5O4/c1-14-4-6-19(15(2)10-14)29-23-18(12-25-29)16(3)27-28(24(23)31)13-22(30)26-17-5-7-20-21(11-17)33-9-8-32-20/h4-7,10-12H,8-9,13H2,1-3H3,(H,26,30). The van der Waals surface area contributed by atoms with Gasteiger partial charge in [0, 0.05) is 17.1 Å². The number of nitrogens with zero attached hydrogens (tertiary/aromatic N) is 4. The van der Waals surface area contributed by atoms with Gasteiger partial charge in [0.2, 0.25) is 5.91 Å². The molecule has 2 aromatic carbocycles. The van der Waals surface area contributed by atoms with Crippen LogP contribution in [0.3, 0.4) is 0 Å². The summed E-state index contributed by atoms with van der Waals surface area (Å²) in [5.74, 6) is 0.833. The summed E-state index contributed by atoms with van der Waals surface area (Å²) < 4.78 is 13.9. The van der Waals surface area contributed by atoms with Crippen LogP contribution in [0.15, 0.2) is 47.4 Å². The Balaban J connectivity index is 1.47. The molecule has 0 aliphatic carbocycles. The SMILES string of the molecule is Cc1ccc(-n2ncc3c(C)nn(CC(=O)Nc4ccc5c(c4)OCCO5)c(=O)c32)c(C)c1. The molecule has 5 rings (SSSR count). The third-order valence-electron chi connectivity index (χ3n) is 5.57. The van der Waals surface area contributed by atoms with Crippen LogP contribution in [-0.2, 0) is 11.3 Å². The molecular formula is C24H23N5O4. The van der Waals surface area contributed by atoms with E-state index >= 15 is 0 Å². The van der Waals surface area contributed by atoms with Crippen molar-refractivity contribution in [1.82, 2.24) is 19.6 Å². The highest BCUT2D eigenvalue weighted by molar-refractivity contribution is 5.91. The van der Waals surface area contributed by atoms with Crippen LogP contribution >= 0.6 is 0 Å². The van der Waals surface area contributed by atoms with E-state index in [4.69, 9.17) is 9.47 Å². The van der Waals surface area contributed by atoms with Gasteiger partial charge in [0.15, 0.2) is 11.5 Å². The Bertz CT molecular complexity index is 1450. The van der Waals surface area contributed by atoms with Crippen LogP contribution in [0.4, 0.5) is 5.69 Å². The molecular weight excluding hydrogens is 422 g/mol. The molecule has 9 nitrogen and oxygen atoms in total. The lowest BCUT2D eigenvalue weighted by molar-refractivity contribution is -0.117. The minimum absolute atomic E-state index is 0.234. The normalized spacial score (nSPS) is 12.7. The van der Waals surface area contributed by atoms with Gasteiger partial charge in [-0.15, -0.1) is 0 Å². The van der Waals surface area contributed by atoms with Crippen molar-refractivity contribution in [3.63, 3.8) is 0 Å². The van der Waals surface area contributed by atoms with Crippen molar-refractivity contribution in [1.29, 1.82) is 0 Å². The lowest BCUT2D eigenvalue weighted by atomic mass is 10.1. The van der Waals surface area contributed by atoms with Crippen LogP contribution in [0, 0.1) is 20.8 Å². The summed E-state index contributed by atoms with van der Waals surface area (Å²) in [5.41, 5.74) is 4.11. The molecule has 0 bridgehead atoms. The summed E-state index contributed by atoms with van der Waals surface area (Å²) in [6.07, 6.45) is 1.64. The first-order chi connectivity index (χ1) is 15.9. The van der Waals surface area contributed by atoms with Gasteiger partial charge in [-0.3, -0.25) is 9.59 Å². The molecule has 0 spiro atoms. The molecule has 33 heavy (non-hydrogen) atoms. The van der Waals surface area contributed by atoms with E-state index in [2.05, 4.69) is 15.5 Å². The predicted octanol–water partition coefficient (Wildman–Crippen LogP) is 2.92. The maximum absolute atomic E-state index is 13.3. The largest absolute Gasteiger partial charge is 0.486 e. The zero-order valence-corrected chi connectivity index (χ0v) is 18.6. The first-order valence-corrected chi connectivity index (χ1v) is 10.6. The van der Waals surface area contributed by atoms with Gasteiger partial charge in [0.1, 0.15) is 25.3 Å². The minimum Gasteiger partial charge on any atom is -0.486 e. The third-order valence-corrected chi connectivity index (χ3v) is 5.57. The molecule has 0 saturated carbocycles. The number of aromatic nitrogens is 4. The maximum atomic E-state index is 13.3. The summed E-state index contributed by atoms with van der Waals surface area (Å²) in [6, 6.07) is 11.1. The molecule has 168 valence electrons. The molecule has 9 heteroatoms. The average molecular weight is 445 g/mol. The number of fused-ring (bicyclic) bond motifs is 2. The molecule has 1 aliphatic rings. The zero-order valence-electron chi connectivity index (χ0n) is 18.6. The molecule has 1 aliphatic heterocycles. The van der Waals surface area contributed by atoms with Gasteiger partial charge in [-0.25, -0.2) is 9.36 Å². The maximum Gasteiger partial charge on any atom is 0.293 e. The van der Waals surface area contributed by atoms with Crippen molar-refractivity contribution in [2.75, 3.05) is 18.5 Å². The first-order valence-electron chi connectivity index (χ1n) is 10.6. The lowest BCUT2D eigenvalue weighted by Gasteiger charge is -2.19. The van der Waals surface area contributed by atoms with Crippen LogP contribution < -0.4 is 20.3 Å². The van der Waals surface area contributed by atoms with Gasteiger partial charge in [0.05, 0.1) is 17.6 Å². The van der Waals surface area contributed by atoms with Gasteiger partial charge >= 0.3 is 0 Å². The summed E-state index contributed by atoms with van der Waals surface area (Å²) in [6.45, 7) is 6.50. The highest BCUT2D eigenvalue weighted by atomic mass is 16.6. The lowest BCUT2D eigenvalue weighted by Crippen LogP contribution is -2.31. The Kier molecular flexibility index (Phi) is 5.08. The molecule has 0 fully saturated rings. The van der Waals surface area contributed by atoms with E-state index in [0.29, 0.717) is 47.0 Å². The van der Waals surface area contributed by atoms with Gasteiger partial charge in [0.25, 0.3) is 5.56 Å². The number of amides is 1. The quantitative estimate of drug-likeness (QED) is 0.519. The van der Waals surface area contributed by atoms with Crippen molar-refractivity contribution in [2.45, 2.75) is 27.3 Å². The molecule has 0 radical (unpaired) electrons. The second-order valence-electron chi connectivity index (χ2n) is 8.06. The van der Waals surface area contributed by atoms with Crippen LogP contribution in [0.25, 0.3) is 16.6 Å². The van der Waals surface area contributed by atoms with E-state index in [0.717, 1.165) is 16.8 Å². The number of carbonyl (C=O) groups is 1. The fraction of sp³-hybridized carbons (Fsp3) is 0.250. The fourth-order valence-electron chi connectivity index (χ4n) is 4.01. The van der Waals surface area contributed by atoms with Crippen LogP contribution in [0.5, 0.6) is 11.5 Å². The molecule has 1 N–H and O–H groups in total. The molecule has 0 unspecified atom stereocenters. The Labute approximate surface area is 189 Å².